The van der Waals surface area contributed by atoms with Crippen LogP contribution in [0.15, 0.2) is 41.8 Å². The van der Waals surface area contributed by atoms with Crippen molar-refractivity contribution in [2.75, 3.05) is 6.54 Å². The van der Waals surface area contributed by atoms with Gasteiger partial charge >= 0.3 is 0 Å². The summed E-state index contributed by atoms with van der Waals surface area (Å²) in [6.45, 7) is 0.747. The van der Waals surface area contributed by atoms with Gasteiger partial charge in [-0.1, -0.05) is 31.0 Å². The predicted octanol–water partition coefficient (Wildman–Crippen LogP) is 4.59. The summed E-state index contributed by atoms with van der Waals surface area (Å²) in [5, 5.41) is 5.31. The minimum Gasteiger partial charge on any atom is -0.351 e. The van der Waals surface area contributed by atoms with Gasteiger partial charge in [-0.25, -0.2) is 0 Å². The molecule has 2 nitrogen and oxygen atoms in total. The maximum absolute atomic E-state index is 12.4. The third-order valence-corrected chi connectivity index (χ3v) is 6.37. The molecule has 1 saturated carbocycles. The lowest BCUT2D eigenvalue weighted by Gasteiger charge is -2.28. The largest absolute Gasteiger partial charge is 0.351 e. The highest BCUT2D eigenvalue weighted by atomic mass is 127. The number of amides is 1. The molecule has 0 atom stereocenters. The summed E-state index contributed by atoms with van der Waals surface area (Å²) < 4.78 is 1.00. The third kappa shape index (κ3) is 3.16. The Bertz CT molecular complexity index is 617. The van der Waals surface area contributed by atoms with Gasteiger partial charge in [0.25, 0.3) is 5.91 Å². The van der Waals surface area contributed by atoms with Crippen molar-refractivity contribution in [2.45, 2.75) is 31.1 Å². The van der Waals surface area contributed by atoms with Crippen molar-refractivity contribution in [3.05, 3.63) is 55.8 Å². The summed E-state index contributed by atoms with van der Waals surface area (Å²) in [6, 6.07) is 12.1. The lowest BCUT2D eigenvalue weighted by Crippen LogP contribution is -2.38. The first-order chi connectivity index (χ1) is 10.2. The summed E-state index contributed by atoms with van der Waals surface area (Å²) in [4.78, 5) is 13.8. The number of thiophene rings is 1. The van der Waals surface area contributed by atoms with Crippen LogP contribution in [-0.4, -0.2) is 12.5 Å². The summed E-state index contributed by atoms with van der Waals surface area (Å²) >= 11 is 4.04. The number of carbonyl (C=O) groups excluding carboxylic acids is 1. The van der Waals surface area contributed by atoms with E-state index in [4.69, 9.17) is 0 Å². The van der Waals surface area contributed by atoms with Gasteiger partial charge in [-0.3, -0.25) is 4.79 Å². The van der Waals surface area contributed by atoms with Crippen LogP contribution in [0.3, 0.4) is 0 Å². The van der Waals surface area contributed by atoms with Gasteiger partial charge in [-0.05, 0) is 59.0 Å². The van der Waals surface area contributed by atoms with E-state index in [0.717, 1.165) is 15.7 Å². The third-order valence-electron chi connectivity index (χ3n) is 4.31. The molecule has 0 bridgehead atoms. The second-order valence-electron chi connectivity index (χ2n) is 5.63. The minimum absolute atomic E-state index is 0.0443. The first-order valence-corrected chi connectivity index (χ1v) is 9.24. The topological polar surface area (TPSA) is 29.1 Å². The van der Waals surface area contributed by atoms with Crippen LogP contribution < -0.4 is 5.32 Å². The molecule has 21 heavy (non-hydrogen) atoms. The van der Waals surface area contributed by atoms with Crippen LogP contribution in [-0.2, 0) is 5.41 Å². The Morgan fingerprint density at radius 1 is 1.19 bits per heavy atom. The number of benzene rings is 1. The van der Waals surface area contributed by atoms with Crippen LogP contribution in [0, 0.1) is 3.57 Å². The molecular weight excluding hydrogens is 393 g/mol. The van der Waals surface area contributed by atoms with Crippen molar-refractivity contribution < 1.29 is 4.79 Å². The average Bonchev–Trinajstić information content (AvgIpc) is 3.17. The van der Waals surface area contributed by atoms with Gasteiger partial charge in [0.05, 0.1) is 5.56 Å². The normalized spacial score (nSPS) is 16.8. The van der Waals surface area contributed by atoms with E-state index in [1.54, 1.807) is 0 Å². The van der Waals surface area contributed by atoms with Gasteiger partial charge < -0.3 is 5.32 Å². The number of halogens is 1. The first kappa shape index (κ1) is 15.0. The molecule has 3 rings (SSSR count). The zero-order valence-electron chi connectivity index (χ0n) is 11.8. The van der Waals surface area contributed by atoms with Crippen molar-refractivity contribution in [2.24, 2.45) is 0 Å². The van der Waals surface area contributed by atoms with E-state index in [0.29, 0.717) is 0 Å². The molecule has 1 aliphatic rings. The fourth-order valence-corrected chi connectivity index (χ4v) is 4.75. The molecule has 4 heteroatoms. The fourth-order valence-electron chi connectivity index (χ4n) is 3.13. The van der Waals surface area contributed by atoms with E-state index < -0.39 is 0 Å². The molecule has 0 radical (unpaired) electrons. The predicted molar refractivity (Wildman–Crippen MR) is 96.0 cm³/mol. The van der Waals surface area contributed by atoms with E-state index in [1.807, 2.05) is 35.6 Å². The Labute approximate surface area is 143 Å². The molecule has 1 fully saturated rings. The maximum atomic E-state index is 12.4. The molecule has 1 aromatic carbocycles. The standard InChI is InChI=1S/C17H18INOS/c18-14-7-2-1-6-13(14)16(20)19-12-17(9-3-4-10-17)15-8-5-11-21-15/h1-2,5-8,11H,3-4,9-10,12H2,(H,19,20). The summed E-state index contributed by atoms with van der Waals surface area (Å²) in [5.74, 6) is 0.0443. The Morgan fingerprint density at radius 2 is 1.95 bits per heavy atom. The van der Waals surface area contributed by atoms with Crippen LogP contribution in [0.4, 0.5) is 0 Å². The van der Waals surface area contributed by atoms with Crippen LogP contribution in [0.2, 0.25) is 0 Å². The van der Waals surface area contributed by atoms with Crippen molar-refractivity contribution >= 4 is 39.8 Å². The lowest BCUT2D eigenvalue weighted by atomic mass is 9.84. The molecule has 0 saturated heterocycles. The summed E-state index contributed by atoms with van der Waals surface area (Å²) in [6.07, 6.45) is 4.88. The number of nitrogens with one attached hydrogen (secondary N) is 1. The smallest absolute Gasteiger partial charge is 0.252 e. The zero-order valence-corrected chi connectivity index (χ0v) is 14.7. The van der Waals surface area contributed by atoms with Crippen molar-refractivity contribution in [3.63, 3.8) is 0 Å². The summed E-state index contributed by atoms with van der Waals surface area (Å²) in [5.41, 5.74) is 0.932. The lowest BCUT2D eigenvalue weighted by molar-refractivity contribution is 0.0942. The zero-order chi connectivity index (χ0) is 14.7. The highest BCUT2D eigenvalue weighted by Gasteiger charge is 2.36. The van der Waals surface area contributed by atoms with E-state index in [9.17, 15) is 4.79 Å². The van der Waals surface area contributed by atoms with Crippen molar-refractivity contribution in [1.29, 1.82) is 0 Å². The molecule has 1 aliphatic carbocycles. The molecule has 0 unspecified atom stereocenters. The Balaban J connectivity index is 1.74. The Hall–Kier alpha value is -0.880. The number of hydrogen-bond acceptors (Lipinski definition) is 2. The molecule has 1 N–H and O–H groups in total. The second kappa shape index (κ2) is 6.48. The van der Waals surface area contributed by atoms with Crippen LogP contribution in [0.1, 0.15) is 40.9 Å². The van der Waals surface area contributed by atoms with Gasteiger partial charge in [-0.15, -0.1) is 11.3 Å². The molecule has 0 aliphatic heterocycles. The van der Waals surface area contributed by atoms with Crippen molar-refractivity contribution in [3.8, 4) is 0 Å². The Morgan fingerprint density at radius 3 is 2.62 bits per heavy atom. The van der Waals surface area contributed by atoms with Crippen LogP contribution >= 0.6 is 33.9 Å². The molecule has 1 aromatic heterocycles. The van der Waals surface area contributed by atoms with E-state index >= 15 is 0 Å². The van der Waals surface area contributed by atoms with Gasteiger partial charge in [0.15, 0.2) is 0 Å². The van der Waals surface area contributed by atoms with Gasteiger partial charge in [-0.2, -0.15) is 0 Å². The molecular formula is C17H18INOS. The Kier molecular flexibility index (Phi) is 4.64. The van der Waals surface area contributed by atoms with E-state index in [2.05, 4.69) is 45.4 Å². The quantitative estimate of drug-likeness (QED) is 0.733. The SMILES string of the molecule is O=C(NCC1(c2cccs2)CCCC1)c1ccccc1I. The number of hydrogen-bond donors (Lipinski definition) is 1. The number of rotatable bonds is 4. The molecule has 1 heterocycles. The van der Waals surface area contributed by atoms with Crippen molar-refractivity contribution in [1.82, 2.24) is 5.32 Å². The van der Waals surface area contributed by atoms with Gasteiger partial charge in [0.2, 0.25) is 0 Å². The summed E-state index contributed by atoms with van der Waals surface area (Å²) in [7, 11) is 0. The molecule has 0 spiro atoms. The molecule has 1 amide bonds. The minimum atomic E-state index is 0.0443. The van der Waals surface area contributed by atoms with E-state index in [-0.39, 0.29) is 11.3 Å². The fraction of sp³-hybridized carbons (Fsp3) is 0.353. The number of carbonyl (C=O) groups is 1. The highest BCUT2D eigenvalue weighted by Crippen LogP contribution is 2.42. The second-order valence-corrected chi connectivity index (χ2v) is 7.74. The highest BCUT2D eigenvalue weighted by molar-refractivity contribution is 14.1. The van der Waals surface area contributed by atoms with E-state index in [1.165, 1.54) is 30.6 Å². The van der Waals surface area contributed by atoms with Crippen LogP contribution in [0.25, 0.3) is 0 Å². The van der Waals surface area contributed by atoms with Gasteiger partial charge in [0.1, 0.15) is 0 Å². The monoisotopic (exact) mass is 411 g/mol. The van der Waals surface area contributed by atoms with Gasteiger partial charge in [0, 0.05) is 20.4 Å². The molecule has 110 valence electrons. The first-order valence-electron chi connectivity index (χ1n) is 7.28. The molecule has 2 aromatic rings. The van der Waals surface area contributed by atoms with Crippen LogP contribution in [0.5, 0.6) is 0 Å². The average molecular weight is 411 g/mol. The maximum Gasteiger partial charge on any atom is 0.252 e.